The highest BCUT2D eigenvalue weighted by molar-refractivity contribution is 5.72. The van der Waals surface area contributed by atoms with Crippen LogP contribution in [0.1, 0.15) is 5.56 Å². The van der Waals surface area contributed by atoms with Crippen LogP contribution in [-0.2, 0) is 16.0 Å². The Morgan fingerprint density at radius 2 is 2.08 bits per heavy atom. The van der Waals surface area contributed by atoms with Crippen LogP contribution in [0.4, 0.5) is 0 Å². The zero-order valence-corrected chi connectivity index (χ0v) is 7.40. The molecule has 2 nitrogen and oxygen atoms in total. The lowest BCUT2D eigenvalue weighted by atomic mass is 10.2. The second kappa shape index (κ2) is 5.14. The van der Waals surface area contributed by atoms with E-state index in [9.17, 15) is 4.79 Å². The molecular formula is C11H12O2. The van der Waals surface area contributed by atoms with Gasteiger partial charge in [-0.1, -0.05) is 43.0 Å². The van der Waals surface area contributed by atoms with E-state index in [4.69, 9.17) is 4.74 Å². The van der Waals surface area contributed by atoms with Crippen LogP contribution in [0.15, 0.2) is 43.0 Å². The van der Waals surface area contributed by atoms with Crippen LogP contribution in [0.25, 0.3) is 0 Å². The first-order valence-corrected chi connectivity index (χ1v) is 4.13. The van der Waals surface area contributed by atoms with Crippen LogP contribution in [-0.4, -0.2) is 12.6 Å². The van der Waals surface area contributed by atoms with Gasteiger partial charge in [-0.25, -0.2) is 0 Å². The summed E-state index contributed by atoms with van der Waals surface area (Å²) in [4.78, 5) is 11.1. The number of rotatable bonds is 4. The summed E-state index contributed by atoms with van der Waals surface area (Å²) >= 11 is 0. The van der Waals surface area contributed by atoms with Crippen LogP contribution in [0.2, 0.25) is 0 Å². The quantitative estimate of drug-likeness (QED) is 0.517. The topological polar surface area (TPSA) is 26.3 Å². The standard InChI is InChI=1S/C11H12O2/c1-2-8-13-11(12)9-10-6-4-3-5-7-10/h2-7H,1,8-9H2. The zero-order chi connectivity index (χ0) is 9.52. The van der Waals surface area contributed by atoms with Crippen molar-refractivity contribution in [2.75, 3.05) is 6.61 Å². The van der Waals surface area contributed by atoms with Gasteiger partial charge in [0.15, 0.2) is 0 Å². The lowest BCUT2D eigenvalue weighted by molar-refractivity contribution is -0.141. The molecule has 1 rings (SSSR count). The molecule has 0 spiro atoms. The summed E-state index contributed by atoms with van der Waals surface area (Å²) in [6, 6.07) is 9.51. The smallest absolute Gasteiger partial charge is 0.310 e. The molecular weight excluding hydrogens is 164 g/mol. The third kappa shape index (κ3) is 3.56. The maximum Gasteiger partial charge on any atom is 0.310 e. The molecule has 2 heteroatoms. The van der Waals surface area contributed by atoms with Crippen molar-refractivity contribution in [3.8, 4) is 0 Å². The number of hydrogen-bond acceptors (Lipinski definition) is 2. The number of carbonyl (C=O) groups is 1. The normalized spacial score (nSPS) is 9.23. The van der Waals surface area contributed by atoms with Gasteiger partial charge in [-0.3, -0.25) is 4.79 Å². The summed E-state index contributed by atoms with van der Waals surface area (Å²) < 4.78 is 4.84. The Morgan fingerprint density at radius 3 is 2.69 bits per heavy atom. The first kappa shape index (κ1) is 9.52. The molecule has 0 amide bonds. The summed E-state index contributed by atoms with van der Waals surface area (Å²) in [5.41, 5.74) is 0.969. The summed E-state index contributed by atoms with van der Waals surface area (Å²) in [6.45, 7) is 3.75. The number of hydrogen-bond donors (Lipinski definition) is 0. The third-order valence-electron chi connectivity index (χ3n) is 1.55. The molecule has 0 aliphatic heterocycles. The van der Waals surface area contributed by atoms with Crippen molar-refractivity contribution in [2.24, 2.45) is 0 Å². The van der Waals surface area contributed by atoms with E-state index in [0.29, 0.717) is 6.42 Å². The highest BCUT2D eigenvalue weighted by atomic mass is 16.5. The number of ether oxygens (including phenoxy) is 1. The van der Waals surface area contributed by atoms with Gasteiger partial charge < -0.3 is 4.74 Å². The van der Waals surface area contributed by atoms with Crippen molar-refractivity contribution < 1.29 is 9.53 Å². The molecule has 0 bridgehead atoms. The average molecular weight is 176 g/mol. The van der Waals surface area contributed by atoms with E-state index in [-0.39, 0.29) is 12.6 Å². The van der Waals surface area contributed by atoms with E-state index >= 15 is 0 Å². The first-order valence-electron chi connectivity index (χ1n) is 4.13. The number of benzene rings is 1. The van der Waals surface area contributed by atoms with Crippen molar-refractivity contribution in [1.29, 1.82) is 0 Å². The minimum absolute atomic E-state index is 0.217. The molecule has 1 aromatic rings. The molecule has 0 aromatic heterocycles. The highest BCUT2D eigenvalue weighted by Crippen LogP contribution is 2.00. The lowest BCUT2D eigenvalue weighted by Gasteiger charge is -2.00. The fourth-order valence-electron chi connectivity index (χ4n) is 0.965. The summed E-state index contributed by atoms with van der Waals surface area (Å²) in [7, 11) is 0. The molecule has 0 aliphatic rings. The fourth-order valence-corrected chi connectivity index (χ4v) is 0.965. The second-order valence-corrected chi connectivity index (χ2v) is 2.63. The summed E-state index contributed by atoms with van der Waals surface area (Å²) in [5.74, 6) is -0.217. The van der Waals surface area contributed by atoms with Crippen molar-refractivity contribution >= 4 is 5.97 Å². The van der Waals surface area contributed by atoms with Crippen LogP contribution < -0.4 is 0 Å². The second-order valence-electron chi connectivity index (χ2n) is 2.63. The molecule has 0 N–H and O–H groups in total. The SMILES string of the molecule is C=CCOC(=O)Cc1ccccc1. The maximum absolute atomic E-state index is 11.1. The Kier molecular flexibility index (Phi) is 3.76. The van der Waals surface area contributed by atoms with E-state index in [0.717, 1.165) is 5.56 Å². The van der Waals surface area contributed by atoms with E-state index < -0.39 is 0 Å². The van der Waals surface area contributed by atoms with Gasteiger partial charge in [-0.15, -0.1) is 0 Å². The van der Waals surface area contributed by atoms with E-state index in [1.165, 1.54) is 0 Å². The predicted octanol–water partition coefficient (Wildman–Crippen LogP) is 1.96. The van der Waals surface area contributed by atoms with Crippen LogP contribution >= 0.6 is 0 Å². The van der Waals surface area contributed by atoms with Gasteiger partial charge in [0.1, 0.15) is 6.61 Å². The molecule has 0 atom stereocenters. The average Bonchev–Trinajstić information content (AvgIpc) is 2.16. The molecule has 0 heterocycles. The van der Waals surface area contributed by atoms with E-state index in [1.54, 1.807) is 6.08 Å². The van der Waals surface area contributed by atoms with Gasteiger partial charge in [0.25, 0.3) is 0 Å². The number of esters is 1. The molecule has 0 aliphatic carbocycles. The van der Waals surface area contributed by atoms with Crippen molar-refractivity contribution in [3.63, 3.8) is 0 Å². The summed E-state index contributed by atoms with van der Waals surface area (Å²) in [6.07, 6.45) is 1.89. The fraction of sp³-hybridized carbons (Fsp3) is 0.182. The third-order valence-corrected chi connectivity index (χ3v) is 1.55. The Morgan fingerprint density at radius 1 is 1.38 bits per heavy atom. The van der Waals surface area contributed by atoms with E-state index in [2.05, 4.69) is 6.58 Å². The lowest BCUT2D eigenvalue weighted by Crippen LogP contribution is -2.07. The van der Waals surface area contributed by atoms with Gasteiger partial charge in [-0.05, 0) is 5.56 Å². The van der Waals surface area contributed by atoms with Gasteiger partial charge in [0.2, 0.25) is 0 Å². The van der Waals surface area contributed by atoms with Gasteiger partial charge in [-0.2, -0.15) is 0 Å². The minimum atomic E-state index is -0.217. The highest BCUT2D eigenvalue weighted by Gasteiger charge is 2.01. The molecule has 0 radical (unpaired) electrons. The largest absolute Gasteiger partial charge is 0.461 e. The maximum atomic E-state index is 11.1. The molecule has 0 saturated heterocycles. The Labute approximate surface area is 77.8 Å². The Hall–Kier alpha value is -1.57. The minimum Gasteiger partial charge on any atom is -0.461 e. The molecule has 68 valence electrons. The van der Waals surface area contributed by atoms with E-state index in [1.807, 2.05) is 30.3 Å². The van der Waals surface area contributed by atoms with Crippen LogP contribution in [0, 0.1) is 0 Å². The monoisotopic (exact) mass is 176 g/mol. The van der Waals surface area contributed by atoms with Crippen LogP contribution in [0.3, 0.4) is 0 Å². The molecule has 0 unspecified atom stereocenters. The molecule has 1 aromatic carbocycles. The van der Waals surface area contributed by atoms with Crippen molar-refractivity contribution in [2.45, 2.75) is 6.42 Å². The van der Waals surface area contributed by atoms with Gasteiger partial charge in [0.05, 0.1) is 6.42 Å². The van der Waals surface area contributed by atoms with Crippen LogP contribution in [0.5, 0.6) is 0 Å². The Bertz CT molecular complexity index is 277. The first-order chi connectivity index (χ1) is 6.33. The zero-order valence-electron chi connectivity index (χ0n) is 7.40. The van der Waals surface area contributed by atoms with Crippen molar-refractivity contribution in [3.05, 3.63) is 48.6 Å². The van der Waals surface area contributed by atoms with Gasteiger partial charge in [0, 0.05) is 0 Å². The molecule has 0 saturated carbocycles. The summed E-state index contributed by atoms with van der Waals surface area (Å²) in [5, 5.41) is 0. The molecule has 13 heavy (non-hydrogen) atoms. The number of carbonyl (C=O) groups excluding carboxylic acids is 1. The Balaban J connectivity index is 2.41. The van der Waals surface area contributed by atoms with Crippen molar-refractivity contribution in [1.82, 2.24) is 0 Å². The van der Waals surface area contributed by atoms with Gasteiger partial charge >= 0.3 is 5.97 Å². The molecule has 0 fully saturated rings. The predicted molar refractivity (Wildman–Crippen MR) is 51.3 cm³/mol.